The molecular weight excluding hydrogens is 240 g/mol. The second-order valence-corrected chi connectivity index (χ2v) is 2.61. The number of benzene rings is 1. The first-order chi connectivity index (χ1) is 8.78. The summed E-state index contributed by atoms with van der Waals surface area (Å²) in [5.41, 5.74) is -0.638. The zero-order valence-corrected chi connectivity index (χ0v) is 8.58. The molecule has 0 aliphatic heterocycles. The van der Waals surface area contributed by atoms with Crippen molar-refractivity contribution in [3.05, 3.63) is 12.1 Å². The van der Waals surface area contributed by atoms with E-state index in [9.17, 15) is 19.2 Å². The molecule has 0 N–H and O–H groups in total. The highest BCUT2D eigenvalue weighted by Gasteiger charge is 2.12. The number of rotatable bonds is 4. The molecule has 18 heavy (non-hydrogen) atoms. The van der Waals surface area contributed by atoms with Crippen LogP contribution in [0.5, 0.6) is 0 Å². The van der Waals surface area contributed by atoms with E-state index in [0.29, 0.717) is 0 Å². The van der Waals surface area contributed by atoms with Crippen LogP contribution in [0.1, 0.15) is 0 Å². The van der Waals surface area contributed by atoms with Gasteiger partial charge in [-0.3, -0.25) is 0 Å². The van der Waals surface area contributed by atoms with Gasteiger partial charge in [-0.05, 0) is 12.1 Å². The van der Waals surface area contributed by atoms with Gasteiger partial charge in [0.2, 0.25) is 24.3 Å². The maximum absolute atomic E-state index is 10.3. The van der Waals surface area contributed by atoms with Crippen molar-refractivity contribution < 1.29 is 19.2 Å². The van der Waals surface area contributed by atoms with Crippen LogP contribution in [-0.2, 0) is 19.2 Å². The van der Waals surface area contributed by atoms with Crippen molar-refractivity contribution in [3.63, 3.8) is 0 Å². The first-order valence-corrected chi connectivity index (χ1v) is 4.27. The Kier molecular flexibility index (Phi) is 4.52. The molecular formula is C10H2N4O4. The van der Waals surface area contributed by atoms with Crippen molar-refractivity contribution in [2.45, 2.75) is 0 Å². The highest BCUT2D eigenvalue weighted by molar-refractivity contribution is 5.88. The second-order valence-electron chi connectivity index (χ2n) is 2.61. The minimum atomic E-state index is -0.242. The van der Waals surface area contributed by atoms with Crippen molar-refractivity contribution in [2.75, 3.05) is 0 Å². The fourth-order valence-corrected chi connectivity index (χ4v) is 1.15. The summed E-state index contributed by atoms with van der Waals surface area (Å²) in [6, 6.07) is 2.47. The molecule has 0 amide bonds. The van der Waals surface area contributed by atoms with E-state index in [1.165, 1.54) is 36.5 Å². The summed E-state index contributed by atoms with van der Waals surface area (Å²) in [5.74, 6) is 0. The fraction of sp³-hybridized carbons (Fsp3) is 0. The lowest BCUT2D eigenvalue weighted by Gasteiger charge is -2.02. The molecule has 0 heterocycles. The van der Waals surface area contributed by atoms with Crippen LogP contribution in [0.3, 0.4) is 0 Å². The second kappa shape index (κ2) is 6.35. The van der Waals surface area contributed by atoms with Gasteiger partial charge in [-0.15, -0.1) is 0 Å². The van der Waals surface area contributed by atoms with Crippen LogP contribution in [-0.4, -0.2) is 24.3 Å². The third-order valence-electron chi connectivity index (χ3n) is 1.76. The molecule has 0 aliphatic rings. The van der Waals surface area contributed by atoms with Gasteiger partial charge in [-0.25, -0.2) is 19.2 Å². The van der Waals surface area contributed by atoms with E-state index in [1.54, 1.807) is 0 Å². The zero-order chi connectivity index (χ0) is 13.4. The van der Waals surface area contributed by atoms with Crippen molar-refractivity contribution in [3.8, 4) is 0 Å². The summed E-state index contributed by atoms with van der Waals surface area (Å²) in [6.45, 7) is 0. The lowest BCUT2D eigenvalue weighted by molar-refractivity contribution is 0.563. The average molecular weight is 242 g/mol. The summed E-state index contributed by atoms with van der Waals surface area (Å²) in [7, 11) is 0. The van der Waals surface area contributed by atoms with Gasteiger partial charge in [0.15, 0.2) is 0 Å². The Hall–Kier alpha value is -3.26. The molecule has 0 spiro atoms. The lowest BCUT2D eigenvalue weighted by Crippen LogP contribution is -1.74. The quantitative estimate of drug-likeness (QED) is 0.587. The third kappa shape index (κ3) is 2.65. The van der Waals surface area contributed by atoms with E-state index in [4.69, 9.17) is 0 Å². The molecule has 0 aromatic heterocycles. The maximum atomic E-state index is 10.3. The highest BCUT2D eigenvalue weighted by Crippen LogP contribution is 2.43. The van der Waals surface area contributed by atoms with Crippen LogP contribution in [0.25, 0.3) is 0 Å². The van der Waals surface area contributed by atoms with Gasteiger partial charge in [0, 0.05) is 0 Å². The highest BCUT2D eigenvalue weighted by atomic mass is 16.1. The van der Waals surface area contributed by atoms with E-state index >= 15 is 0 Å². The summed E-state index contributed by atoms with van der Waals surface area (Å²) < 4.78 is 0. The van der Waals surface area contributed by atoms with Gasteiger partial charge in [-0.1, -0.05) is 0 Å². The predicted octanol–water partition coefficient (Wildman–Crippen LogP) is 1.56. The Balaban J connectivity index is 3.79. The van der Waals surface area contributed by atoms with E-state index in [0.717, 1.165) is 0 Å². The topological polar surface area (TPSA) is 118 Å². The van der Waals surface area contributed by atoms with Crippen LogP contribution >= 0.6 is 0 Å². The molecule has 0 saturated heterocycles. The predicted molar refractivity (Wildman–Crippen MR) is 57.6 cm³/mol. The van der Waals surface area contributed by atoms with Crippen LogP contribution in [0.15, 0.2) is 32.1 Å². The van der Waals surface area contributed by atoms with E-state index < -0.39 is 0 Å². The van der Waals surface area contributed by atoms with Gasteiger partial charge >= 0.3 is 0 Å². The molecule has 1 aromatic carbocycles. The standard InChI is InChI=1S/C10H2N4O4/c15-3-11-7-1-2-8(12-4-16)10(14-6-18)9(7)13-5-17/h1-2H. The largest absolute Gasteiger partial charge is 0.240 e. The van der Waals surface area contributed by atoms with Crippen molar-refractivity contribution in [1.29, 1.82) is 0 Å². The Labute approximate surface area is 99.1 Å². The van der Waals surface area contributed by atoms with Gasteiger partial charge in [-0.2, -0.15) is 20.0 Å². The van der Waals surface area contributed by atoms with Crippen molar-refractivity contribution in [2.24, 2.45) is 20.0 Å². The molecule has 0 fully saturated rings. The molecule has 0 bridgehead atoms. The lowest BCUT2D eigenvalue weighted by atomic mass is 10.2. The van der Waals surface area contributed by atoms with Gasteiger partial charge < -0.3 is 0 Å². The number of hydrogen-bond donors (Lipinski definition) is 0. The van der Waals surface area contributed by atoms with Crippen molar-refractivity contribution in [1.82, 2.24) is 0 Å². The number of aliphatic imine (C=N–C) groups is 4. The summed E-state index contributed by atoms with van der Waals surface area (Å²) >= 11 is 0. The molecule has 1 aromatic rings. The fourth-order valence-electron chi connectivity index (χ4n) is 1.15. The Morgan fingerprint density at radius 3 is 1.22 bits per heavy atom. The van der Waals surface area contributed by atoms with Crippen LogP contribution in [0, 0.1) is 0 Å². The number of carbonyl (C=O) groups excluding carboxylic acids is 4. The summed E-state index contributed by atoms with van der Waals surface area (Å²) in [5, 5.41) is 0. The maximum Gasteiger partial charge on any atom is 0.240 e. The molecule has 1 rings (SSSR count). The molecule has 0 unspecified atom stereocenters. The minimum Gasteiger partial charge on any atom is -0.211 e. The number of isocyanates is 4. The summed E-state index contributed by atoms with van der Waals surface area (Å²) in [4.78, 5) is 53.9. The van der Waals surface area contributed by atoms with E-state index in [-0.39, 0.29) is 22.7 Å². The molecule has 0 saturated carbocycles. The van der Waals surface area contributed by atoms with Gasteiger partial charge in [0.1, 0.15) is 22.7 Å². The number of nitrogens with zero attached hydrogens (tertiary/aromatic N) is 4. The van der Waals surface area contributed by atoms with Crippen LogP contribution in [0.4, 0.5) is 22.7 Å². The van der Waals surface area contributed by atoms with Gasteiger partial charge in [0.25, 0.3) is 0 Å². The third-order valence-corrected chi connectivity index (χ3v) is 1.76. The minimum absolute atomic E-state index is 0.0767. The van der Waals surface area contributed by atoms with E-state index in [1.807, 2.05) is 0 Å². The molecule has 0 aliphatic carbocycles. The molecule has 8 nitrogen and oxygen atoms in total. The molecule has 86 valence electrons. The van der Waals surface area contributed by atoms with Crippen LogP contribution < -0.4 is 0 Å². The monoisotopic (exact) mass is 242 g/mol. The average Bonchev–Trinajstić information content (AvgIpc) is 2.37. The van der Waals surface area contributed by atoms with E-state index in [2.05, 4.69) is 20.0 Å². The molecule has 0 atom stereocenters. The smallest absolute Gasteiger partial charge is 0.211 e. The first kappa shape index (κ1) is 12.8. The first-order valence-electron chi connectivity index (χ1n) is 4.27. The molecule has 0 radical (unpaired) electrons. The Morgan fingerprint density at radius 2 is 0.944 bits per heavy atom. The summed E-state index contributed by atoms with van der Waals surface area (Å²) in [6.07, 6.45) is 4.89. The Bertz CT molecular complexity index is 612. The zero-order valence-electron chi connectivity index (χ0n) is 8.58. The number of hydrogen-bond acceptors (Lipinski definition) is 8. The Morgan fingerprint density at radius 1 is 0.611 bits per heavy atom. The van der Waals surface area contributed by atoms with Crippen molar-refractivity contribution >= 4 is 47.1 Å². The molecule has 8 heteroatoms. The normalized spacial score (nSPS) is 8.00. The van der Waals surface area contributed by atoms with Crippen LogP contribution in [0.2, 0.25) is 0 Å². The van der Waals surface area contributed by atoms with Gasteiger partial charge in [0.05, 0.1) is 0 Å². The SMILES string of the molecule is O=C=Nc1ccc(N=C=O)c(N=C=O)c1N=C=O.